The number of aromatic nitrogens is 2. The molecule has 1 heterocycles. The largest absolute Gasteiger partial charge is 0.497 e. The highest BCUT2D eigenvalue weighted by molar-refractivity contribution is 9.10. The quantitative estimate of drug-likeness (QED) is 0.247. The number of halogens is 3. The number of hydrogen-bond donors (Lipinski definition) is 1. The average Bonchev–Trinajstić information content (AvgIpc) is 3.35. The van der Waals surface area contributed by atoms with Gasteiger partial charge in [0.05, 0.1) is 18.7 Å². The smallest absolute Gasteiger partial charge is 0.251 e. The van der Waals surface area contributed by atoms with Crippen molar-refractivity contribution in [1.29, 1.82) is 0 Å². The van der Waals surface area contributed by atoms with Crippen LogP contribution in [-0.4, -0.2) is 29.3 Å². The number of ether oxygens (including phenoxy) is 2. The minimum atomic E-state index is -0.914. The number of rotatable bonds is 8. The number of carbonyl (C=O) groups is 1. The second kappa shape index (κ2) is 11.5. The molecular formula is C29H28BrF2N3O3. The standard InChI is InChI=1S/C29H28BrF2N3O3/c1-37-24-10-4-19(5-11-24)17-38-28-25(31)12-21(13-26(28)32)29(36)33-15-18-2-8-23(9-3-18)35-16-20-6-7-22(30)14-27(20)34-35/h4-7,10-14,16,18,23H,2-3,8-9,15,17H2,1H3,(H,33,36). The van der Waals surface area contributed by atoms with Gasteiger partial charge in [-0.15, -0.1) is 0 Å². The van der Waals surface area contributed by atoms with E-state index in [1.54, 1.807) is 31.4 Å². The van der Waals surface area contributed by atoms with Crippen LogP contribution in [0.3, 0.4) is 0 Å². The molecule has 1 aromatic heterocycles. The van der Waals surface area contributed by atoms with Crippen molar-refractivity contribution in [2.24, 2.45) is 5.92 Å². The normalized spacial score (nSPS) is 17.4. The van der Waals surface area contributed by atoms with Gasteiger partial charge in [-0.3, -0.25) is 9.48 Å². The summed E-state index contributed by atoms with van der Waals surface area (Å²) in [5.74, 6) is -1.86. The Morgan fingerprint density at radius 3 is 2.45 bits per heavy atom. The van der Waals surface area contributed by atoms with Gasteiger partial charge in [-0.1, -0.05) is 34.1 Å². The van der Waals surface area contributed by atoms with E-state index in [0.29, 0.717) is 24.3 Å². The topological polar surface area (TPSA) is 65.4 Å². The van der Waals surface area contributed by atoms with Gasteiger partial charge in [0.2, 0.25) is 0 Å². The molecule has 0 spiro atoms. The van der Waals surface area contributed by atoms with Gasteiger partial charge in [0.15, 0.2) is 17.4 Å². The highest BCUT2D eigenvalue weighted by Gasteiger charge is 2.24. The highest BCUT2D eigenvalue weighted by atomic mass is 79.9. The Bertz CT molecular complexity index is 1410. The molecule has 1 saturated carbocycles. The molecule has 3 aromatic carbocycles. The fourth-order valence-electron chi connectivity index (χ4n) is 4.85. The van der Waals surface area contributed by atoms with Crippen LogP contribution in [0.2, 0.25) is 0 Å². The monoisotopic (exact) mass is 583 g/mol. The van der Waals surface area contributed by atoms with Crippen LogP contribution in [0.1, 0.15) is 47.6 Å². The van der Waals surface area contributed by atoms with E-state index in [9.17, 15) is 13.6 Å². The molecule has 0 aliphatic heterocycles. The van der Waals surface area contributed by atoms with Crippen molar-refractivity contribution < 1.29 is 23.0 Å². The maximum absolute atomic E-state index is 14.6. The van der Waals surface area contributed by atoms with E-state index < -0.39 is 23.3 Å². The highest BCUT2D eigenvalue weighted by Crippen LogP contribution is 2.33. The zero-order chi connectivity index (χ0) is 26.6. The number of benzene rings is 3. The summed E-state index contributed by atoms with van der Waals surface area (Å²) >= 11 is 3.49. The number of methoxy groups -OCH3 is 1. The first kappa shape index (κ1) is 26.2. The molecule has 0 saturated heterocycles. The lowest BCUT2D eigenvalue weighted by Crippen LogP contribution is -2.32. The Hall–Kier alpha value is -3.46. The number of nitrogens with one attached hydrogen (secondary N) is 1. The predicted octanol–water partition coefficient (Wildman–Crippen LogP) is 6.83. The number of amides is 1. The molecule has 0 atom stereocenters. The van der Waals surface area contributed by atoms with Gasteiger partial charge in [0.25, 0.3) is 5.91 Å². The number of hydrogen-bond acceptors (Lipinski definition) is 4. The Morgan fingerprint density at radius 2 is 1.76 bits per heavy atom. The first-order valence-corrected chi connectivity index (χ1v) is 13.4. The third kappa shape index (κ3) is 5.99. The molecule has 9 heteroatoms. The van der Waals surface area contributed by atoms with Crippen LogP contribution in [0.5, 0.6) is 11.5 Å². The van der Waals surface area contributed by atoms with Gasteiger partial charge >= 0.3 is 0 Å². The lowest BCUT2D eigenvalue weighted by Gasteiger charge is -2.28. The van der Waals surface area contributed by atoms with Crippen LogP contribution in [0, 0.1) is 17.6 Å². The Kier molecular flexibility index (Phi) is 7.93. The molecule has 1 amide bonds. The molecule has 1 fully saturated rings. The third-order valence-electron chi connectivity index (χ3n) is 7.03. The summed E-state index contributed by atoms with van der Waals surface area (Å²) < 4.78 is 42.7. The summed E-state index contributed by atoms with van der Waals surface area (Å²) in [6.45, 7) is 0.441. The molecule has 6 nitrogen and oxygen atoms in total. The van der Waals surface area contributed by atoms with Crippen LogP contribution < -0.4 is 14.8 Å². The van der Waals surface area contributed by atoms with Crippen molar-refractivity contribution in [3.05, 3.63) is 88.0 Å². The zero-order valence-corrected chi connectivity index (χ0v) is 22.5. The zero-order valence-electron chi connectivity index (χ0n) is 20.9. The molecule has 38 heavy (non-hydrogen) atoms. The number of carbonyl (C=O) groups excluding carboxylic acids is 1. The molecule has 1 aliphatic rings. The van der Waals surface area contributed by atoms with Crippen molar-refractivity contribution in [3.8, 4) is 11.5 Å². The van der Waals surface area contributed by atoms with Crippen LogP contribution in [0.4, 0.5) is 8.78 Å². The summed E-state index contributed by atoms with van der Waals surface area (Å²) in [4.78, 5) is 12.6. The predicted molar refractivity (Wildman–Crippen MR) is 144 cm³/mol. The summed E-state index contributed by atoms with van der Waals surface area (Å²) in [6, 6.07) is 15.4. The Morgan fingerprint density at radius 1 is 1.05 bits per heavy atom. The van der Waals surface area contributed by atoms with Crippen molar-refractivity contribution in [1.82, 2.24) is 15.1 Å². The number of fused-ring (bicyclic) bond motifs is 1. The molecule has 5 rings (SSSR count). The molecule has 0 radical (unpaired) electrons. The molecule has 1 aliphatic carbocycles. The minimum Gasteiger partial charge on any atom is -0.497 e. The fourth-order valence-corrected chi connectivity index (χ4v) is 5.20. The van der Waals surface area contributed by atoms with Gasteiger partial charge in [0, 0.05) is 28.2 Å². The first-order valence-electron chi connectivity index (χ1n) is 12.6. The minimum absolute atomic E-state index is 0.0157. The molecule has 0 bridgehead atoms. The van der Waals surface area contributed by atoms with E-state index in [1.165, 1.54) is 0 Å². The summed E-state index contributed by atoms with van der Waals surface area (Å²) in [5.41, 5.74) is 1.63. The van der Waals surface area contributed by atoms with Crippen LogP contribution >= 0.6 is 15.9 Å². The molecular weight excluding hydrogens is 556 g/mol. The van der Waals surface area contributed by atoms with Gasteiger partial charge in [0.1, 0.15) is 12.4 Å². The average molecular weight is 584 g/mol. The second-order valence-electron chi connectivity index (χ2n) is 9.60. The van der Waals surface area contributed by atoms with E-state index in [2.05, 4.69) is 38.2 Å². The summed E-state index contributed by atoms with van der Waals surface area (Å²) in [7, 11) is 1.56. The van der Waals surface area contributed by atoms with Crippen LogP contribution in [0.25, 0.3) is 10.9 Å². The molecule has 0 unspecified atom stereocenters. The second-order valence-corrected chi connectivity index (χ2v) is 10.5. The number of nitrogens with zero attached hydrogens (tertiary/aromatic N) is 2. The van der Waals surface area contributed by atoms with E-state index in [-0.39, 0.29) is 12.2 Å². The van der Waals surface area contributed by atoms with Gasteiger partial charge in [-0.05, 0) is 73.6 Å². The van der Waals surface area contributed by atoms with Gasteiger partial charge < -0.3 is 14.8 Å². The summed E-state index contributed by atoms with van der Waals surface area (Å²) in [6.07, 6.45) is 5.87. The molecule has 1 N–H and O–H groups in total. The van der Waals surface area contributed by atoms with E-state index in [1.807, 2.05) is 12.1 Å². The SMILES string of the molecule is COc1ccc(COc2c(F)cc(C(=O)NCC3CCC(n4cc5ccc(Br)cc5n4)CC3)cc2F)cc1. The van der Waals surface area contributed by atoms with Crippen LogP contribution in [0.15, 0.2) is 65.3 Å². The lowest BCUT2D eigenvalue weighted by atomic mass is 9.86. The Labute approximate surface area is 228 Å². The fraction of sp³-hybridized carbons (Fsp3) is 0.310. The van der Waals surface area contributed by atoms with Gasteiger partial charge in [-0.2, -0.15) is 5.10 Å². The first-order chi connectivity index (χ1) is 18.4. The van der Waals surface area contributed by atoms with Crippen molar-refractivity contribution >= 4 is 32.7 Å². The van der Waals surface area contributed by atoms with E-state index >= 15 is 0 Å². The van der Waals surface area contributed by atoms with Crippen LogP contribution in [-0.2, 0) is 6.61 Å². The van der Waals surface area contributed by atoms with Crippen molar-refractivity contribution in [2.75, 3.05) is 13.7 Å². The van der Waals surface area contributed by atoms with E-state index in [4.69, 9.17) is 14.6 Å². The van der Waals surface area contributed by atoms with Crippen molar-refractivity contribution in [2.45, 2.75) is 38.3 Å². The lowest BCUT2D eigenvalue weighted by molar-refractivity contribution is 0.0940. The maximum Gasteiger partial charge on any atom is 0.251 e. The maximum atomic E-state index is 14.6. The molecule has 4 aromatic rings. The summed E-state index contributed by atoms with van der Waals surface area (Å²) in [5, 5.41) is 8.68. The Balaban J connectivity index is 1.12. The van der Waals surface area contributed by atoms with Crippen molar-refractivity contribution in [3.63, 3.8) is 0 Å². The molecule has 198 valence electrons. The van der Waals surface area contributed by atoms with E-state index in [0.717, 1.165) is 58.8 Å². The third-order valence-corrected chi connectivity index (χ3v) is 7.52. The van der Waals surface area contributed by atoms with Gasteiger partial charge in [-0.25, -0.2) is 8.78 Å².